The quantitative estimate of drug-likeness (QED) is 0.308. The summed E-state index contributed by atoms with van der Waals surface area (Å²) in [6.45, 7) is 12.8. The average Bonchev–Trinajstić information content (AvgIpc) is 3.36. The Bertz CT molecular complexity index is 1110. The fourth-order valence-electron chi connectivity index (χ4n) is 3.59. The van der Waals surface area contributed by atoms with E-state index < -0.39 is 0 Å². The van der Waals surface area contributed by atoms with Crippen LogP contribution in [-0.4, -0.2) is 12.2 Å². The van der Waals surface area contributed by atoms with Crippen LogP contribution in [0.3, 0.4) is 0 Å². The van der Waals surface area contributed by atoms with Crippen molar-refractivity contribution < 1.29 is 4.39 Å². The minimum absolute atomic E-state index is 0.0194. The number of nitrogens with one attached hydrogen (secondary N) is 1. The van der Waals surface area contributed by atoms with Crippen LogP contribution >= 0.6 is 0 Å². The van der Waals surface area contributed by atoms with Crippen molar-refractivity contribution in [1.82, 2.24) is 4.98 Å². The van der Waals surface area contributed by atoms with Gasteiger partial charge in [-0.05, 0) is 57.2 Å². The maximum Gasteiger partial charge on any atom is 0.0785 e. The van der Waals surface area contributed by atoms with Crippen LogP contribution < -0.4 is 5.73 Å². The molecule has 4 rings (SSSR count). The zero-order valence-electron chi connectivity index (χ0n) is 22.3. The van der Waals surface area contributed by atoms with Crippen molar-refractivity contribution in [3.8, 4) is 11.3 Å². The molecule has 0 bridgehead atoms. The van der Waals surface area contributed by atoms with Gasteiger partial charge < -0.3 is 10.7 Å². The minimum atomic E-state index is 0.0194. The lowest BCUT2D eigenvalue weighted by molar-refractivity contribution is 0.636. The van der Waals surface area contributed by atoms with Gasteiger partial charge in [0, 0.05) is 22.9 Å². The molecule has 186 valence electrons. The first kappa shape index (κ1) is 29.4. The first-order chi connectivity index (χ1) is 16.7. The van der Waals surface area contributed by atoms with Crippen LogP contribution in [0.5, 0.6) is 0 Å². The molecule has 0 radical (unpaired) electrons. The van der Waals surface area contributed by atoms with E-state index in [1.54, 1.807) is 6.20 Å². The van der Waals surface area contributed by atoms with Gasteiger partial charge in [-0.25, -0.2) is 0 Å². The molecule has 0 saturated carbocycles. The largest absolute Gasteiger partial charge is 0.405 e. The molecule has 1 heterocycles. The highest BCUT2D eigenvalue weighted by Crippen LogP contribution is 2.26. The third-order valence-electron chi connectivity index (χ3n) is 5.45. The van der Waals surface area contributed by atoms with E-state index in [2.05, 4.69) is 107 Å². The lowest BCUT2D eigenvalue weighted by Gasteiger charge is -2.21. The van der Waals surface area contributed by atoms with Gasteiger partial charge in [-0.1, -0.05) is 109 Å². The monoisotopic (exact) mass is 472 g/mol. The second-order valence-electron chi connectivity index (χ2n) is 9.01. The van der Waals surface area contributed by atoms with Crippen LogP contribution in [0, 0.1) is 27.7 Å². The fourth-order valence-corrected chi connectivity index (χ4v) is 3.59. The molecule has 0 atom stereocenters. The second kappa shape index (κ2) is 15.3. The molecular weight excluding hydrogens is 431 g/mol. The summed E-state index contributed by atoms with van der Waals surface area (Å²) in [5, 5.41) is 0. The maximum absolute atomic E-state index is 9.50. The van der Waals surface area contributed by atoms with E-state index in [-0.39, 0.29) is 5.41 Å². The van der Waals surface area contributed by atoms with Gasteiger partial charge in [0.2, 0.25) is 0 Å². The smallest absolute Gasteiger partial charge is 0.0785 e. The van der Waals surface area contributed by atoms with Crippen LogP contribution in [0.1, 0.15) is 41.7 Å². The van der Waals surface area contributed by atoms with Gasteiger partial charge >= 0.3 is 0 Å². The molecule has 0 saturated heterocycles. The van der Waals surface area contributed by atoms with Gasteiger partial charge in [-0.2, -0.15) is 0 Å². The van der Waals surface area contributed by atoms with Crippen molar-refractivity contribution in [3.63, 3.8) is 0 Å². The Hall–Kier alpha value is -3.59. The highest BCUT2D eigenvalue weighted by molar-refractivity contribution is 5.63. The highest BCUT2D eigenvalue weighted by Gasteiger charge is 2.16. The number of alkyl halides is 1. The minimum Gasteiger partial charge on any atom is -0.405 e. The number of aromatic nitrogens is 1. The van der Waals surface area contributed by atoms with Crippen LogP contribution in [-0.2, 0) is 5.41 Å². The summed E-state index contributed by atoms with van der Waals surface area (Å²) in [4.78, 5) is 3.19. The van der Waals surface area contributed by atoms with Crippen molar-refractivity contribution >= 4 is 0 Å². The van der Waals surface area contributed by atoms with Crippen LogP contribution in [0.25, 0.3) is 11.3 Å². The Labute approximate surface area is 211 Å². The number of rotatable bonds is 3. The third-order valence-corrected chi connectivity index (χ3v) is 5.45. The molecule has 3 N–H and O–H groups in total. The van der Waals surface area contributed by atoms with Gasteiger partial charge in [0.25, 0.3) is 0 Å². The third kappa shape index (κ3) is 10.5. The molecule has 0 fully saturated rings. The molecule has 3 aromatic carbocycles. The molecule has 0 aliphatic heterocycles. The number of halogens is 1. The summed E-state index contributed by atoms with van der Waals surface area (Å²) in [6.07, 6.45) is 5.60. The van der Waals surface area contributed by atoms with Crippen molar-refractivity contribution in [3.05, 3.63) is 131 Å². The number of nitrogens with two attached hydrogens (primary N) is 1. The Morgan fingerprint density at radius 1 is 0.714 bits per heavy atom. The average molecular weight is 473 g/mol. The summed E-state index contributed by atoms with van der Waals surface area (Å²) in [7, 11) is 0.500. The number of H-pyrrole nitrogens is 1. The van der Waals surface area contributed by atoms with Gasteiger partial charge in [0.05, 0.1) is 7.18 Å². The molecule has 35 heavy (non-hydrogen) atoms. The van der Waals surface area contributed by atoms with E-state index >= 15 is 0 Å². The summed E-state index contributed by atoms with van der Waals surface area (Å²) in [5.41, 5.74) is 14.5. The molecule has 0 spiro atoms. The summed E-state index contributed by atoms with van der Waals surface area (Å²) in [5.74, 6) is 0. The predicted molar refractivity (Wildman–Crippen MR) is 151 cm³/mol. The predicted octanol–water partition coefficient (Wildman–Crippen LogP) is 8.62. The Morgan fingerprint density at radius 2 is 1.29 bits per heavy atom. The first-order valence-electron chi connectivity index (χ1n) is 11.8. The molecule has 1 aromatic heterocycles. The normalized spacial score (nSPS) is 10.3. The maximum atomic E-state index is 9.50. The zero-order chi connectivity index (χ0) is 26.3. The molecule has 0 unspecified atom stereocenters. The van der Waals surface area contributed by atoms with E-state index in [9.17, 15) is 4.39 Å². The van der Waals surface area contributed by atoms with Crippen LogP contribution in [0.15, 0.2) is 103 Å². The number of aryl methyl sites for hydroxylation is 4. The SMILES string of the molecule is CF.Cc1cc(C)cc(C(C)(C)/C=C\N)c1.Cc1ccccc1.Cc1ccccc1-c1ccc[nH]1. The summed E-state index contributed by atoms with van der Waals surface area (Å²) >= 11 is 0. The zero-order valence-corrected chi connectivity index (χ0v) is 22.3. The van der Waals surface area contributed by atoms with Gasteiger partial charge in [0.15, 0.2) is 0 Å². The van der Waals surface area contributed by atoms with E-state index in [0.29, 0.717) is 7.18 Å². The van der Waals surface area contributed by atoms with E-state index in [4.69, 9.17) is 5.73 Å². The summed E-state index contributed by atoms with van der Waals surface area (Å²) < 4.78 is 9.50. The number of hydrogen-bond donors (Lipinski definition) is 2. The molecule has 3 heteroatoms. The Balaban J connectivity index is 0.000000265. The lowest BCUT2D eigenvalue weighted by atomic mass is 9.83. The first-order valence-corrected chi connectivity index (χ1v) is 11.8. The van der Waals surface area contributed by atoms with Crippen LogP contribution in [0.2, 0.25) is 0 Å². The molecule has 0 aliphatic rings. The fraction of sp³-hybridized carbons (Fsp3) is 0.250. The van der Waals surface area contributed by atoms with Crippen molar-refractivity contribution in [2.24, 2.45) is 5.73 Å². The topological polar surface area (TPSA) is 41.8 Å². The molecule has 2 nitrogen and oxygen atoms in total. The lowest BCUT2D eigenvalue weighted by Crippen LogP contribution is -2.14. The van der Waals surface area contributed by atoms with Crippen molar-refractivity contribution in [2.45, 2.75) is 47.0 Å². The second-order valence-corrected chi connectivity index (χ2v) is 9.01. The number of hydrogen-bond acceptors (Lipinski definition) is 1. The number of allylic oxidation sites excluding steroid dienone is 1. The number of benzene rings is 3. The van der Waals surface area contributed by atoms with E-state index in [0.717, 1.165) is 0 Å². The van der Waals surface area contributed by atoms with E-state index in [1.807, 2.05) is 36.5 Å². The van der Waals surface area contributed by atoms with Crippen molar-refractivity contribution in [1.29, 1.82) is 0 Å². The molecule has 0 aliphatic carbocycles. The van der Waals surface area contributed by atoms with Gasteiger partial charge in [0.1, 0.15) is 0 Å². The molecule has 0 amide bonds. The Kier molecular flexibility index (Phi) is 12.9. The summed E-state index contributed by atoms with van der Waals surface area (Å²) in [6, 6.07) is 29.3. The van der Waals surface area contributed by atoms with E-state index in [1.165, 1.54) is 39.1 Å². The highest BCUT2D eigenvalue weighted by atomic mass is 19.1. The van der Waals surface area contributed by atoms with Crippen molar-refractivity contribution in [2.75, 3.05) is 7.18 Å². The van der Waals surface area contributed by atoms with Crippen LogP contribution in [0.4, 0.5) is 4.39 Å². The number of aromatic amines is 1. The standard InChI is InChI=1S/C13H19N.C11H11N.C7H8.CH3F/c1-10-7-11(2)9-12(8-10)13(3,4)5-6-14;1-9-5-2-3-6-10(9)11-7-4-8-12-11;1-7-5-3-2-4-6-7;1-2/h5-9H,14H2,1-4H3;2-8,12H,1H3;2-6H,1H3;1H3/b6-5-;;;. The molecular formula is C32H41FN2. The van der Waals surface area contributed by atoms with Gasteiger partial charge in [-0.3, -0.25) is 4.39 Å². The molecule has 4 aromatic rings. The Morgan fingerprint density at radius 3 is 1.74 bits per heavy atom. The van der Waals surface area contributed by atoms with Gasteiger partial charge in [-0.15, -0.1) is 0 Å².